The quantitative estimate of drug-likeness (QED) is 0.632. The van der Waals surface area contributed by atoms with Crippen molar-refractivity contribution < 1.29 is 9.47 Å². The Hall–Kier alpha value is -1.59. The summed E-state index contributed by atoms with van der Waals surface area (Å²) in [4.78, 5) is 2.35. The first kappa shape index (κ1) is 13.8. The average Bonchev–Trinajstić information content (AvgIpc) is 2.38. The Bertz CT molecular complexity index is 462. The summed E-state index contributed by atoms with van der Waals surface area (Å²) in [5.41, 5.74) is 7.38. The molecule has 1 atom stereocenters. The lowest BCUT2D eigenvalue weighted by Gasteiger charge is -2.31. The second-order valence-corrected chi connectivity index (χ2v) is 4.86. The highest BCUT2D eigenvalue weighted by atomic mass is 16.5. The van der Waals surface area contributed by atoms with Crippen molar-refractivity contribution in [1.82, 2.24) is 4.90 Å². The molecule has 1 aliphatic rings. The molecule has 1 heterocycles. The minimum atomic E-state index is 0.0362. The topological polar surface area (TPSA) is 71.6 Å². The van der Waals surface area contributed by atoms with Crippen molar-refractivity contribution in [1.29, 1.82) is 5.41 Å². The van der Waals surface area contributed by atoms with Gasteiger partial charge in [0.25, 0.3) is 0 Å². The zero-order valence-electron chi connectivity index (χ0n) is 11.5. The number of morpholine rings is 1. The summed E-state index contributed by atoms with van der Waals surface area (Å²) in [5, 5.41) is 7.59. The minimum absolute atomic E-state index is 0.0362. The second kappa shape index (κ2) is 6.04. The lowest BCUT2D eigenvalue weighted by molar-refractivity contribution is -0.0212. The summed E-state index contributed by atoms with van der Waals surface area (Å²) in [5.74, 6) is 0.681. The van der Waals surface area contributed by atoms with E-state index in [1.807, 2.05) is 18.2 Å². The summed E-state index contributed by atoms with van der Waals surface area (Å²) in [7, 11) is 1.59. The lowest BCUT2D eigenvalue weighted by atomic mass is 10.1. The SMILES string of the molecule is COc1ccc(CN2CCOC(C)C2)cc1C(=N)N. The average molecular weight is 263 g/mol. The zero-order chi connectivity index (χ0) is 13.8. The van der Waals surface area contributed by atoms with E-state index in [9.17, 15) is 0 Å². The molecule has 0 saturated carbocycles. The summed E-state index contributed by atoms with van der Waals surface area (Å²) in [6.07, 6.45) is 0.277. The van der Waals surface area contributed by atoms with E-state index in [0.29, 0.717) is 11.3 Å². The maximum Gasteiger partial charge on any atom is 0.129 e. The summed E-state index contributed by atoms with van der Waals surface area (Å²) < 4.78 is 10.7. The minimum Gasteiger partial charge on any atom is -0.496 e. The third-order valence-electron chi connectivity index (χ3n) is 3.29. The molecule has 104 valence electrons. The van der Waals surface area contributed by atoms with Crippen LogP contribution in [0, 0.1) is 5.41 Å². The largest absolute Gasteiger partial charge is 0.496 e. The Morgan fingerprint density at radius 1 is 1.58 bits per heavy atom. The van der Waals surface area contributed by atoms with Crippen LogP contribution in [0.5, 0.6) is 5.75 Å². The Balaban J connectivity index is 2.12. The second-order valence-electron chi connectivity index (χ2n) is 4.86. The van der Waals surface area contributed by atoms with Crippen LogP contribution in [0.15, 0.2) is 18.2 Å². The van der Waals surface area contributed by atoms with Gasteiger partial charge in [-0.25, -0.2) is 0 Å². The highest BCUT2D eigenvalue weighted by molar-refractivity contribution is 5.97. The van der Waals surface area contributed by atoms with Gasteiger partial charge in [-0.05, 0) is 24.6 Å². The third-order valence-corrected chi connectivity index (χ3v) is 3.29. The number of amidine groups is 1. The molecule has 1 saturated heterocycles. The van der Waals surface area contributed by atoms with Crippen molar-refractivity contribution in [3.63, 3.8) is 0 Å². The van der Waals surface area contributed by atoms with E-state index < -0.39 is 0 Å². The van der Waals surface area contributed by atoms with Gasteiger partial charge in [0.1, 0.15) is 11.6 Å². The van der Waals surface area contributed by atoms with Gasteiger partial charge in [0.05, 0.1) is 25.4 Å². The molecule has 0 aliphatic carbocycles. The molecule has 3 N–H and O–H groups in total. The highest BCUT2D eigenvalue weighted by Crippen LogP contribution is 2.20. The van der Waals surface area contributed by atoms with E-state index in [1.165, 1.54) is 0 Å². The van der Waals surface area contributed by atoms with E-state index in [0.717, 1.165) is 31.8 Å². The van der Waals surface area contributed by atoms with Crippen molar-refractivity contribution in [3.05, 3.63) is 29.3 Å². The molecule has 19 heavy (non-hydrogen) atoms. The number of nitrogens with one attached hydrogen (secondary N) is 1. The standard InChI is InChI=1S/C14H21N3O2/c1-10-8-17(5-6-19-10)9-11-3-4-13(18-2)12(7-11)14(15)16/h3-4,7,10H,5-6,8-9H2,1-2H3,(H3,15,16). The predicted molar refractivity (Wildman–Crippen MR) is 74.7 cm³/mol. The molecular formula is C14H21N3O2. The van der Waals surface area contributed by atoms with Crippen LogP contribution in [0.2, 0.25) is 0 Å². The molecule has 1 aromatic carbocycles. The maximum atomic E-state index is 7.59. The molecule has 5 heteroatoms. The molecule has 5 nitrogen and oxygen atoms in total. The van der Waals surface area contributed by atoms with Crippen molar-refractivity contribution in [2.75, 3.05) is 26.8 Å². The normalized spacial score (nSPS) is 20.2. The number of methoxy groups -OCH3 is 1. The number of benzene rings is 1. The van der Waals surface area contributed by atoms with Crippen molar-refractivity contribution >= 4 is 5.84 Å². The van der Waals surface area contributed by atoms with Gasteiger partial charge in [-0.15, -0.1) is 0 Å². The Morgan fingerprint density at radius 2 is 2.37 bits per heavy atom. The smallest absolute Gasteiger partial charge is 0.129 e. The number of hydrogen-bond acceptors (Lipinski definition) is 4. The first-order chi connectivity index (χ1) is 9.10. The molecule has 2 rings (SSSR count). The molecule has 0 bridgehead atoms. The Kier molecular flexibility index (Phi) is 4.39. The molecule has 0 aromatic heterocycles. The van der Waals surface area contributed by atoms with Crippen LogP contribution in [-0.2, 0) is 11.3 Å². The van der Waals surface area contributed by atoms with Crippen molar-refractivity contribution in [3.8, 4) is 5.75 Å². The van der Waals surface area contributed by atoms with E-state index in [2.05, 4.69) is 11.8 Å². The zero-order valence-corrected chi connectivity index (χ0v) is 11.5. The summed E-state index contributed by atoms with van der Waals surface area (Å²) in [6, 6.07) is 5.82. The van der Waals surface area contributed by atoms with Crippen LogP contribution in [-0.4, -0.2) is 43.6 Å². The van der Waals surface area contributed by atoms with Gasteiger partial charge in [-0.3, -0.25) is 10.3 Å². The van der Waals surface area contributed by atoms with Crippen LogP contribution < -0.4 is 10.5 Å². The highest BCUT2D eigenvalue weighted by Gasteiger charge is 2.17. The van der Waals surface area contributed by atoms with Gasteiger partial charge in [-0.2, -0.15) is 0 Å². The molecule has 1 unspecified atom stereocenters. The number of nitrogens with zero attached hydrogens (tertiary/aromatic N) is 1. The number of hydrogen-bond donors (Lipinski definition) is 2. The number of nitrogens with two attached hydrogens (primary N) is 1. The van der Waals surface area contributed by atoms with Crippen LogP contribution in [0.3, 0.4) is 0 Å². The van der Waals surface area contributed by atoms with Gasteiger partial charge >= 0.3 is 0 Å². The predicted octanol–water partition coefficient (Wildman–Crippen LogP) is 1.20. The Labute approximate surface area is 113 Å². The van der Waals surface area contributed by atoms with E-state index in [1.54, 1.807) is 7.11 Å². The first-order valence-corrected chi connectivity index (χ1v) is 6.45. The number of nitrogen functional groups attached to an aromatic ring is 1. The van der Waals surface area contributed by atoms with Crippen LogP contribution in [0.25, 0.3) is 0 Å². The molecule has 0 radical (unpaired) electrons. The van der Waals surface area contributed by atoms with E-state index in [-0.39, 0.29) is 11.9 Å². The van der Waals surface area contributed by atoms with Gasteiger partial charge in [0.2, 0.25) is 0 Å². The molecular weight excluding hydrogens is 242 g/mol. The van der Waals surface area contributed by atoms with Crippen molar-refractivity contribution in [2.24, 2.45) is 5.73 Å². The van der Waals surface area contributed by atoms with E-state index in [4.69, 9.17) is 20.6 Å². The monoisotopic (exact) mass is 263 g/mol. The molecule has 1 aromatic rings. The fourth-order valence-corrected chi connectivity index (χ4v) is 2.36. The summed E-state index contributed by atoms with van der Waals surface area (Å²) in [6.45, 7) is 5.57. The molecule has 0 spiro atoms. The number of ether oxygens (including phenoxy) is 2. The van der Waals surface area contributed by atoms with Crippen LogP contribution >= 0.6 is 0 Å². The fourth-order valence-electron chi connectivity index (χ4n) is 2.36. The van der Waals surface area contributed by atoms with Gasteiger partial charge in [-0.1, -0.05) is 6.07 Å². The number of rotatable bonds is 4. The molecule has 0 amide bonds. The van der Waals surface area contributed by atoms with Gasteiger partial charge in [0, 0.05) is 19.6 Å². The Morgan fingerprint density at radius 3 is 3.00 bits per heavy atom. The van der Waals surface area contributed by atoms with Crippen molar-refractivity contribution in [2.45, 2.75) is 19.6 Å². The third kappa shape index (κ3) is 3.45. The first-order valence-electron chi connectivity index (χ1n) is 6.45. The maximum absolute atomic E-state index is 7.59. The lowest BCUT2D eigenvalue weighted by Crippen LogP contribution is -2.40. The molecule has 1 fully saturated rings. The molecule has 1 aliphatic heterocycles. The summed E-state index contributed by atoms with van der Waals surface area (Å²) >= 11 is 0. The van der Waals surface area contributed by atoms with E-state index >= 15 is 0 Å². The van der Waals surface area contributed by atoms with Crippen LogP contribution in [0.4, 0.5) is 0 Å². The fraction of sp³-hybridized carbons (Fsp3) is 0.500. The van der Waals surface area contributed by atoms with Gasteiger partial charge in [0.15, 0.2) is 0 Å². The van der Waals surface area contributed by atoms with Gasteiger partial charge < -0.3 is 15.2 Å². The van der Waals surface area contributed by atoms with Crippen LogP contribution in [0.1, 0.15) is 18.1 Å².